The van der Waals surface area contributed by atoms with E-state index in [1.807, 2.05) is 19.1 Å². The molecule has 1 aromatic carbocycles. The molecular formula is C27H44N4O3. The largest absolute Gasteiger partial charge is 0.483 e. The minimum atomic E-state index is -0.250. The number of anilines is 1. The molecule has 2 rings (SSSR count). The Kier molecular flexibility index (Phi) is 13.8. The number of carbonyl (C=O) groups excluding carboxylic acids is 1. The molecule has 1 aromatic rings. The van der Waals surface area contributed by atoms with Gasteiger partial charge in [-0.1, -0.05) is 51.3 Å². The summed E-state index contributed by atoms with van der Waals surface area (Å²) in [5.74, 6) is 2.14. The van der Waals surface area contributed by atoms with Crippen LogP contribution in [-0.2, 0) is 9.59 Å². The van der Waals surface area contributed by atoms with Gasteiger partial charge in [-0.2, -0.15) is 5.10 Å². The monoisotopic (exact) mass is 472 g/mol. The van der Waals surface area contributed by atoms with Gasteiger partial charge in [0.2, 0.25) is 5.91 Å². The quantitative estimate of drug-likeness (QED) is 0.158. The van der Waals surface area contributed by atoms with Crippen molar-refractivity contribution in [1.82, 2.24) is 4.90 Å². The van der Waals surface area contributed by atoms with E-state index < -0.39 is 0 Å². The second kappa shape index (κ2) is 16.0. The number of nitrogens with one attached hydrogen (secondary N) is 1. The zero-order valence-corrected chi connectivity index (χ0v) is 21.7. The van der Waals surface area contributed by atoms with E-state index in [1.165, 1.54) is 24.8 Å². The van der Waals surface area contributed by atoms with Crippen molar-refractivity contribution in [2.24, 2.45) is 22.0 Å². The minimum Gasteiger partial charge on any atom is -0.483 e. The predicted octanol–water partition coefficient (Wildman–Crippen LogP) is 6.05. The molecule has 0 heterocycles. The van der Waals surface area contributed by atoms with Crippen LogP contribution in [0.1, 0.15) is 83.3 Å². The Morgan fingerprint density at radius 1 is 1.29 bits per heavy atom. The standard InChI is InChI=1S/C26H42N4O.CH2O2/c1-7-9-22(17-26(31)28-24-15-12-20(4)16-21(24)5)18-30(23-13-14-23)25(29-27-6)11-8-10-19(2)3;2-1-3/h12,15-16,19,22-23H,6-11,13-14,17-18H2,1-5H3,(H,28,31);1H,(H,2,3)/b29-25-;. The number of hydrogen-bond acceptors (Lipinski definition) is 4. The van der Waals surface area contributed by atoms with Crippen molar-refractivity contribution in [3.05, 3.63) is 29.3 Å². The van der Waals surface area contributed by atoms with Gasteiger partial charge in [-0.25, -0.2) is 0 Å². The fourth-order valence-electron chi connectivity index (χ4n) is 4.21. The van der Waals surface area contributed by atoms with Crippen LogP contribution in [0.4, 0.5) is 5.69 Å². The first-order valence-electron chi connectivity index (χ1n) is 12.5. The summed E-state index contributed by atoms with van der Waals surface area (Å²) >= 11 is 0. The number of carbonyl (C=O) groups is 2. The van der Waals surface area contributed by atoms with E-state index in [-0.39, 0.29) is 12.4 Å². The number of nitrogens with zero attached hydrogens (tertiary/aromatic N) is 3. The molecule has 0 spiro atoms. The number of aryl methyl sites for hydroxylation is 2. The summed E-state index contributed by atoms with van der Waals surface area (Å²) in [5, 5.41) is 18.3. The van der Waals surface area contributed by atoms with E-state index in [0.717, 1.165) is 49.3 Å². The Labute approximate surface area is 205 Å². The summed E-state index contributed by atoms with van der Waals surface area (Å²) in [4.78, 5) is 23.6. The highest BCUT2D eigenvalue weighted by Gasteiger charge is 2.33. The Balaban J connectivity index is 0.00000182. The van der Waals surface area contributed by atoms with Crippen molar-refractivity contribution < 1.29 is 14.7 Å². The van der Waals surface area contributed by atoms with Gasteiger partial charge >= 0.3 is 0 Å². The van der Waals surface area contributed by atoms with Crippen molar-refractivity contribution in [1.29, 1.82) is 0 Å². The zero-order valence-electron chi connectivity index (χ0n) is 21.7. The molecule has 1 atom stereocenters. The second-order valence-electron chi connectivity index (χ2n) is 9.66. The lowest BCUT2D eigenvalue weighted by Crippen LogP contribution is -2.38. The summed E-state index contributed by atoms with van der Waals surface area (Å²) in [5.41, 5.74) is 3.23. The molecule has 7 nitrogen and oxygen atoms in total. The molecule has 1 aliphatic rings. The van der Waals surface area contributed by atoms with Crippen molar-refractivity contribution in [2.45, 2.75) is 92.0 Å². The number of amidine groups is 1. The lowest BCUT2D eigenvalue weighted by Gasteiger charge is -2.30. The predicted molar refractivity (Wildman–Crippen MR) is 142 cm³/mol. The van der Waals surface area contributed by atoms with Gasteiger partial charge in [0.1, 0.15) is 5.84 Å². The van der Waals surface area contributed by atoms with Gasteiger partial charge in [-0.3, -0.25) is 9.59 Å². The van der Waals surface area contributed by atoms with Gasteiger partial charge in [0.25, 0.3) is 6.47 Å². The molecule has 190 valence electrons. The number of benzene rings is 1. The van der Waals surface area contributed by atoms with E-state index in [4.69, 9.17) is 9.90 Å². The molecule has 0 radical (unpaired) electrons. The first-order valence-corrected chi connectivity index (χ1v) is 12.5. The SMILES string of the molecule is C=N/N=C(/CCCC(C)C)N(CC(CCC)CC(=O)Nc1ccc(C)cc1C)C1CC1.O=CO. The Hall–Kier alpha value is -2.70. The van der Waals surface area contributed by atoms with Crippen LogP contribution in [0, 0.1) is 25.7 Å². The van der Waals surface area contributed by atoms with Crippen LogP contribution in [0.25, 0.3) is 0 Å². The maximum absolute atomic E-state index is 12.9. The summed E-state index contributed by atoms with van der Waals surface area (Å²) < 4.78 is 0. The van der Waals surface area contributed by atoms with Crippen LogP contribution in [-0.4, -0.2) is 47.5 Å². The lowest BCUT2D eigenvalue weighted by molar-refractivity contribution is -0.123. The fourth-order valence-corrected chi connectivity index (χ4v) is 4.21. The summed E-state index contributed by atoms with van der Waals surface area (Å²) in [6, 6.07) is 6.70. The van der Waals surface area contributed by atoms with Crippen LogP contribution in [0.5, 0.6) is 0 Å². The highest BCUT2D eigenvalue weighted by atomic mass is 16.3. The molecule has 7 heteroatoms. The van der Waals surface area contributed by atoms with Crippen LogP contribution >= 0.6 is 0 Å². The van der Waals surface area contributed by atoms with E-state index in [9.17, 15) is 4.79 Å². The highest BCUT2D eigenvalue weighted by Crippen LogP contribution is 2.31. The molecule has 2 N–H and O–H groups in total. The van der Waals surface area contributed by atoms with E-state index in [2.05, 4.69) is 60.9 Å². The lowest BCUT2D eigenvalue weighted by atomic mass is 9.97. The summed E-state index contributed by atoms with van der Waals surface area (Å²) in [7, 11) is 0. The third kappa shape index (κ3) is 11.4. The Bertz CT molecular complexity index is 803. The van der Waals surface area contributed by atoms with Gasteiger partial charge in [0.15, 0.2) is 0 Å². The molecular weight excluding hydrogens is 428 g/mol. The molecule has 0 saturated heterocycles. The number of rotatable bonds is 13. The topological polar surface area (TPSA) is 94.4 Å². The van der Waals surface area contributed by atoms with E-state index in [0.29, 0.717) is 24.3 Å². The van der Waals surface area contributed by atoms with Crippen molar-refractivity contribution in [2.75, 3.05) is 11.9 Å². The van der Waals surface area contributed by atoms with Gasteiger partial charge in [0.05, 0.1) is 0 Å². The number of amides is 1. The third-order valence-corrected chi connectivity index (χ3v) is 5.97. The van der Waals surface area contributed by atoms with Crippen LogP contribution in [0.2, 0.25) is 0 Å². The molecule has 0 bridgehead atoms. The highest BCUT2D eigenvalue weighted by molar-refractivity contribution is 5.91. The Morgan fingerprint density at radius 2 is 1.97 bits per heavy atom. The summed E-state index contributed by atoms with van der Waals surface area (Å²) in [6.07, 6.45) is 8.27. The van der Waals surface area contributed by atoms with Crippen molar-refractivity contribution in [3.63, 3.8) is 0 Å². The number of carboxylic acid groups (broad SMARTS) is 1. The van der Waals surface area contributed by atoms with Crippen LogP contribution in [0.15, 0.2) is 28.4 Å². The first kappa shape index (κ1) is 29.3. The molecule has 0 aliphatic heterocycles. The smallest absolute Gasteiger partial charge is 0.290 e. The molecule has 0 aromatic heterocycles. The van der Waals surface area contributed by atoms with Crippen LogP contribution in [0.3, 0.4) is 0 Å². The minimum absolute atomic E-state index is 0.0984. The molecule has 1 fully saturated rings. The summed E-state index contributed by atoms with van der Waals surface area (Å²) in [6.45, 7) is 15.0. The first-order chi connectivity index (χ1) is 16.2. The fraction of sp³-hybridized carbons (Fsp3) is 0.630. The second-order valence-corrected chi connectivity index (χ2v) is 9.66. The molecule has 1 aliphatic carbocycles. The maximum atomic E-state index is 12.9. The Morgan fingerprint density at radius 3 is 2.50 bits per heavy atom. The zero-order chi connectivity index (χ0) is 25.5. The van der Waals surface area contributed by atoms with E-state index in [1.54, 1.807) is 0 Å². The van der Waals surface area contributed by atoms with Gasteiger partial charge < -0.3 is 15.3 Å². The van der Waals surface area contributed by atoms with Crippen molar-refractivity contribution >= 4 is 30.6 Å². The van der Waals surface area contributed by atoms with Crippen molar-refractivity contribution in [3.8, 4) is 0 Å². The van der Waals surface area contributed by atoms with Gasteiger partial charge in [-0.15, -0.1) is 5.10 Å². The average Bonchev–Trinajstić information content (AvgIpc) is 3.59. The van der Waals surface area contributed by atoms with Gasteiger partial charge in [-0.05, 0) is 63.0 Å². The third-order valence-electron chi connectivity index (χ3n) is 5.97. The molecule has 1 saturated carbocycles. The molecule has 34 heavy (non-hydrogen) atoms. The number of hydrogen-bond donors (Lipinski definition) is 2. The average molecular weight is 473 g/mol. The normalized spacial score (nSPS) is 14.1. The van der Waals surface area contributed by atoms with Crippen LogP contribution < -0.4 is 5.32 Å². The maximum Gasteiger partial charge on any atom is 0.290 e. The van der Waals surface area contributed by atoms with Gasteiger partial charge in [0, 0.05) is 37.8 Å². The molecule has 1 amide bonds. The van der Waals surface area contributed by atoms with E-state index >= 15 is 0 Å². The molecule has 1 unspecified atom stereocenters.